The SMILES string of the molecule is COCCN(CC(C)C)S(=O)(=O)c1ccccc1CO. The average molecular weight is 301 g/mol. The molecule has 1 rings (SSSR count). The quantitative estimate of drug-likeness (QED) is 0.789. The summed E-state index contributed by atoms with van der Waals surface area (Å²) in [6.45, 7) is 4.70. The zero-order valence-corrected chi connectivity index (χ0v) is 13.1. The summed E-state index contributed by atoms with van der Waals surface area (Å²) in [4.78, 5) is 0.166. The van der Waals surface area contributed by atoms with Gasteiger partial charge in [-0.05, 0) is 17.5 Å². The number of ether oxygens (including phenoxy) is 1. The molecule has 0 unspecified atom stereocenters. The third-order valence-electron chi connectivity index (χ3n) is 2.87. The fraction of sp³-hybridized carbons (Fsp3) is 0.571. The van der Waals surface area contributed by atoms with Gasteiger partial charge in [0.1, 0.15) is 0 Å². The molecule has 0 saturated carbocycles. The lowest BCUT2D eigenvalue weighted by molar-refractivity contribution is 0.175. The molecule has 0 saturated heterocycles. The molecule has 0 bridgehead atoms. The molecule has 1 N–H and O–H groups in total. The van der Waals surface area contributed by atoms with Crippen LogP contribution in [0.2, 0.25) is 0 Å². The van der Waals surface area contributed by atoms with Crippen LogP contribution in [0.1, 0.15) is 19.4 Å². The van der Waals surface area contributed by atoms with E-state index in [4.69, 9.17) is 4.74 Å². The third-order valence-corrected chi connectivity index (χ3v) is 4.84. The summed E-state index contributed by atoms with van der Waals surface area (Å²) in [6, 6.07) is 6.53. The maximum atomic E-state index is 12.7. The van der Waals surface area contributed by atoms with Gasteiger partial charge in [-0.2, -0.15) is 4.31 Å². The summed E-state index contributed by atoms with van der Waals surface area (Å²) in [5, 5.41) is 9.31. The summed E-state index contributed by atoms with van der Waals surface area (Å²) >= 11 is 0. The third kappa shape index (κ3) is 4.28. The number of aliphatic hydroxyl groups is 1. The normalized spacial score (nSPS) is 12.3. The van der Waals surface area contributed by atoms with Gasteiger partial charge in [0.15, 0.2) is 0 Å². The van der Waals surface area contributed by atoms with E-state index in [-0.39, 0.29) is 17.4 Å². The Bertz CT molecular complexity index is 514. The van der Waals surface area contributed by atoms with E-state index in [0.717, 1.165) is 0 Å². The fourth-order valence-corrected chi connectivity index (χ4v) is 3.74. The lowest BCUT2D eigenvalue weighted by Gasteiger charge is -2.24. The van der Waals surface area contributed by atoms with Crippen molar-refractivity contribution in [2.75, 3.05) is 26.8 Å². The van der Waals surface area contributed by atoms with Gasteiger partial charge in [-0.1, -0.05) is 32.0 Å². The van der Waals surface area contributed by atoms with Gasteiger partial charge in [0.05, 0.1) is 18.1 Å². The van der Waals surface area contributed by atoms with Crippen LogP contribution in [-0.4, -0.2) is 44.6 Å². The molecule has 6 heteroatoms. The van der Waals surface area contributed by atoms with E-state index in [0.29, 0.717) is 25.3 Å². The number of hydrogen-bond donors (Lipinski definition) is 1. The molecule has 0 radical (unpaired) electrons. The summed E-state index contributed by atoms with van der Waals surface area (Å²) < 4.78 is 31.8. The van der Waals surface area contributed by atoms with Crippen molar-refractivity contribution < 1.29 is 18.3 Å². The number of sulfonamides is 1. The second kappa shape index (κ2) is 7.73. The minimum Gasteiger partial charge on any atom is -0.392 e. The Labute approximate surface area is 121 Å². The lowest BCUT2D eigenvalue weighted by Crippen LogP contribution is -2.37. The van der Waals surface area contributed by atoms with Gasteiger partial charge in [-0.15, -0.1) is 0 Å². The summed E-state index contributed by atoms with van der Waals surface area (Å²) in [6.07, 6.45) is 0. The smallest absolute Gasteiger partial charge is 0.243 e. The van der Waals surface area contributed by atoms with Gasteiger partial charge in [0.2, 0.25) is 10.0 Å². The maximum Gasteiger partial charge on any atom is 0.243 e. The fourth-order valence-electron chi connectivity index (χ4n) is 1.94. The highest BCUT2D eigenvalue weighted by Crippen LogP contribution is 2.21. The Morgan fingerprint density at radius 2 is 1.95 bits per heavy atom. The van der Waals surface area contributed by atoms with Gasteiger partial charge in [0.25, 0.3) is 0 Å². The molecule has 0 aliphatic carbocycles. The Morgan fingerprint density at radius 3 is 2.50 bits per heavy atom. The van der Waals surface area contributed by atoms with E-state index >= 15 is 0 Å². The molecule has 5 nitrogen and oxygen atoms in total. The van der Waals surface area contributed by atoms with Crippen LogP contribution in [0.4, 0.5) is 0 Å². The lowest BCUT2D eigenvalue weighted by atomic mass is 10.2. The number of methoxy groups -OCH3 is 1. The van der Waals surface area contributed by atoms with Crippen molar-refractivity contribution in [1.29, 1.82) is 0 Å². The van der Waals surface area contributed by atoms with E-state index < -0.39 is 10.0 Å². The molecule has 0 aliphatic heterocycles. The van der Waals surface area contributed by atoms with E-state index in [1.54, 1.807) is 25.3 Å². The molecule has 0 fully saturated rings. The second-order valence-electron chi connectivity index (χ2n) is 5.02. The van der Waals surface area contributed by atoms with Crippen LogP contribution in [0, 0.1) is 5.92 Å². The van der Waals surface area contributed by atoms with Gasteiger partial charge >= 0.3 is 0 Å². The highest BCUT2D eigenvalue weighted by molar-refractivity contribution is 7.89. The largest absolute Gasteiger partial charge is 0.392 e. The average Bonchev–Trinajstić information content (AvgIpc) is 2.42. The topological polar surface area (TPSA) is 66.8 Å². The zero-order valence-electron chi connectivity index (χ0n) is 12.2. The predicted octanol–water partition coefficient (Wildman–Crippen LogP) is 1.47. The van der Waals surface area contributed by atoms with Crippen molar-refractivity contribution in [3.8, 4) is 0 Å². The minimum absolute atomic E-state index is 0.166. The Hall–Kier alpha value is -0.950. The molecule has 0 heterocycles. The molecule has 20 heavy (non-hydrogen) atoms. The Morgan fingerprint density at radius 1 is 1.30 bits per heavy atom. The van der Waals surface area contributed by atoms with Crippen LogP contribution in [0.3, 0.4) is 0 Å². The molecule has 0 atom stereocenters. The maximum absolute atomic E-state index is 12.7. The van der Waals surface area contributed by atoms with E-state index in [2.05, 4.69) is 0 Å². The van der Waals surface area contributed by atoms with Gasteiger partial charge in [0, 0.05) is 20.2 Å². The van der Waals surface area contributed by atoms with Crippen molar-refractivity contribution in [3.05, 3.63) is 29.8 Å². The first-order valence-corrected chi connectivity index (χ1v) is 8.05. The van der Waals surface area contributed by atoms with Crippen LogP contribution in [-0.2, 0) is 21.4 Å². The van der Waals surface area contributed by atoms with E-state index in [1.165, 1.54) is 10.4 Å². The van der Waals surface area contributed by atoms with Gasteiger partial charge < -0.3 is 9.84 Å². The first-order valence-electron chi connectivity index (χ1n) is 6.61. The summed E-state index contributed by atoms with van der Waals surface area (Å²) in [5.74, 6) is 0.211. The van der Waals surface area contributed by atoms with Gasteiger partial charge in [-0.3, -0.25) is 0 Å². The number of aliphatic hydroxyl groups excluding tert-OH is 1. The number of hydrogen-bond acceptors (Lipinski definition) is 4. The van der Waals surface area contributed by atoms with Crippen LogP contribution in [0.5, 0.6) is 0 Å². The van der Waals surface area contributed by atoms with E-state index in [1.807, 2.05) is 13.8 Å². The molecule has 0 spiro atoms. The standard InChI is InChI=1S/C14H23NO4S/c1-12(2)10-15(8-9-19-3)20(17,18)14-7-5-4-6-13(14)11-16/h4-7,12,16H,8-11H2,1-3H3. The monoisotopic (exact) mass is 301 g/mol. The van der Waals surface area contributed by atoms with Crippen LogP contribution >= 0.6 is 0 Å². The first-order chi connectivity index (χ1) is 9.43. The second-order valence-corrected chi connectivity index (χ2v) is 6.92. The highest BCUT2D eigenvalue weighted by atomic mass is 32.2. The Kier molecular flexibility index (Phi) is 6.61. The number of benzene rings is 1. The van der Waals surface area contributed by atoms with Crippen molar-refractivity contribution in [2.45, 2.75) is 25.3 Å². The molecular weight excluding hydrogens is 278 g/mol. The molecule has 0 aliphatic rings. The Balaban J connectivity index is 3.14. The predicted molar refractivity (Wildman–Crippen MR) is 77.8 cm³/mol. The van der Waals surface area contributed by atoms with Crippen molar-refractivity contribution in [3.63, 3.8) is 0 Å². The van der Waals surface area contributed by atoms with Crippen molar-refractivity contribution in [2.24, 2.45) is 5.92 Å². The van der Waals surface area contributed by atoms with Crippen LogP contribution in [0.25, 0.3) is 0 Å². The molecule has 114 valence electrons. The first kappa shape index (κ1) is 17.1. The van der Waals surface area contributed by atoms with Crippen LogP contribution in [0.15, 0.2) is 29.2 Å². The molecule has 1 aromatic carbocycles. The van der Waals surface area contributed by atoms with E-state index in [9.17, 15) is 13.5 Å². The van der Waals surface area contributed by atoms with Gasteiger partial charge in [-0.25, -0.2) is 8.42 Å². The summed E-state index contributed by atoms with van der Waals surface area (Å²) in [7, 11) is -2.07. The van der Waals surface area contributed by atoms with Crippen molar-refractivity contribution >= 4 is 10.0 Å². The highest BCUT2D eigenvalue weighted by Gasteiger charge is 2.26. The molecule has 0 aromatic heterocycles. The molecule has 0 amide bonds. The number of rotatable bonds is 8. The molecular formula is C14H23NO4S. The van der Waals surface area contributed by atoms with Crippen LogP contribution < -0.4 is 0 Å². The van der Waals surface area contributed by atoms with Crippen molar-refractivity contribution in [1.82, 2.24) is 4.31 Å². The minimum atomic E-state index is -3.62. The molecule has 1 aromatic rings. The zero-order chi connectivity index (χ0) is 15.2. The summed E-state index contributed by atoms with van der Waals surface area (Å²) in [5.41, 5.74) is 0.415. The number of nitrogens with zero attached hydrogens (tertiary/aromatic N) is 1.